The number of carbonyl (C=O) groups excluding carboxylic acids is 2. The second-order valence-corrected chi connectivity index (χ2v) is 3.35. The summed E-state index contributed by atoms with van der Waals surface area (Å²) in [7, 11) is 1.27. The van der Waals surface area contributed by atoms with Gasteiger partial charge in [0.25, 0.3) is 0 Å². The van der Waals surface area contributed by atoms with Gasteiger partial charge in [0.2, 0.25) is 0 Å². The minimum absolute atomic E-state index is 0.223. The molecule has 0 radical (unpaired) electrons. The second kappa shape index (κ2) is 6.02. The van der Waals surface area contributed by atoms with Gasteiger partial charge in [-0.05, 0) is 12.7 Å². The average Bonchev–Trinajstić information content (AvgIpc) is 2.12. The zero-order chi connectivity index (χ0) is 9.56. The molecule has 2 unspecified atom stereocenters. The van der Waals surface area contributed by atoms with Crippen LogP contribution >= 0.6 is 11.8 Å². The van der Waals surface area contributed by atoms with Gasteiger partial charge in [-0.2, -0.15) is 11.8 Å². The Morgan fingerprint density at radius 3 is 2.67 bits per heavy atom. The van der Waals surface area contributed by atoms with Crippen molar-refractivity contribution in [1.29, 1.82) is 0 Å². The van der Waals surface area contributed by atoms with Crippen molar-refractivity contribution in [3.05, 3.63) is 0 Å². The summed E-state index contributed by atoms with van der Waals surface area (Å²) >= 11 is 1.37. The molecular weight excluding hydrogens is 178 g/mol. The molecule has 4 nitrogen and oxygen atoms in total. The third kappa shape index (κ3) is 3.73. The number of nitrogens with two attached hydrogens (primary N) is 1. The van der Waals surface area contributed by atoms with Crippen LogP contribution in [0.4, 0.5) is 0 Å². The summed E-state index contributed by atoms with van der Waals surface area (Å²) in [5.41, 5.74) is 5.43. The van der Waals surface area contributed by atoms with Crippen LogP contribution in [0.1, 0.15) is 6.42 Å². The molecule has 0 amide bonds. The number of esters is 1. The zero-order valence-corrected chi connectivity index (χ0v) is 7.97. The van der Waals surface area contributed by atoms with Crippen molar-refractivity contribution in [2.24, 2.45) is 5.73 Å². The maximum atomic E-state index is 10.8. The first kappa shape index (κ1) is 11.4. The lowest BCUT2D eigenvalue weighted by atomic mass is 10.2. The fraction of sp³-hybridized carbons (Fsp3) is 0.714. The first-order valence-corrected chi connectivity index (χ1v) is 4.76. The fourth-order valence-electron chi connectivity index (χ4n) is 0.705. The lowest BCUT2D eigenvalue weighted by Gasteiger charge is -2.11. The Morgan fingerprint density at radius 1 is 1.75 bits per heavy atom. The number of hydrogen-bond acceptors (Lipinski definition) is 5. The third-order valence-corrected chi connectivity index (χ3v) is 2.35. The molecule has 2 N–H and O–H groups in total. The van der Waals surface area contributed by atoms with Gasteiger partial charge >= 0.3 is 5.97 Å². The van der Waals surface area contributed by atoms with E-state index >= 15 is 0 Å². The Balaban J connectivity index is 3.88. The summed E-state index contributed by atoms with van der Waals surface area (Å²) < 4.78 is 4.41. The van der Waals surface area contributed by atoms with Crippen molar-refractivity contribution in [1.82, 2.24) is 0 Å². The maximum absolute atomic E-state index is 10.8. The molecule has 0 fully saturated rings. The number of aldehydes is 1. The topological polar surface area (TPSA) is 69.4 Å². The molecule has 0 aromatic heterocycles. The molecule has 0 saturated carbocycles. The molecule has 0 aromatic carbocycles. The van der Waals surface area contributed by atoms with E-state index in [9.17, 15) is 9.59 Å². The second-order valence-electron chi connectivity index (χ2n) is 2.28. The largest absolute Gasteiger partial charge is 0.468 e. The average molecular weight is 191 g/mol. The van der Waals surface area contributed by atoms with Gasteiger partial charge in [0, 0.05) is 0 Å². The van der Waals surface area contributed by atoms with E-state index in [0.717, 1.165) is 6.29 Å². The Hall–Kier alpha value is -0.550. The number of carbonyl (C=O) groups is 2. The Bertz CT molecular complexity index is 163. The Labute approximate surface area is 75.8 Å². The number of hydrogen-bond donors (Lipinski definition) is 1. The highest BCUT2D eigenvalue weighted by molar-refractivity contribution is 7.99. The predicted octanol–water partition coefficient (Wildman–Crippen LogP) is -0.193. The van der Waals surface area contributed by atoms with Crippen LogP contribution in [0.15, 0.2) is 0 Å². The van der Waals surface area contributed by atoms with Crippen molar-refractivity contribution >= 4 is 24.0 Å². The SMILES string of the molecule is COC(=O)C(N)CC(C=O)SC. The van der Waals surface area contributed by atoms with Crippen LogP contribution in [-0.4, -0.2) is 36.9 Å². The van der Waals surface area contributed by atoms with E-state index in [-0.39, 0.29) is 5.25 Å². The molecule has 0 aromatic rings. The van der Waals surface area contributed by atoms with E-state index < -0.39 is 12.0 Å². The highest BCUT2D eigenvalue weighted by atomic mass is 32.2. The van der Waals surface area contributed by atoms with Gasteiger partial charge in [-0.25, -0.2) is 0 Å². The number of rotatable bonds is 5. The molecule has 0 aliphatic heterocycles. The standard InChI is InChI=1S/C7H13NO3S/c1-11-7(10)6(8)3-5(4-9)12-2/h4-6H,3,8H2,1-2H3. The molecule has 0 aliphatic carbocycles. The van der Waals surface area contributed by atoms with Crippen molar-refractivity contribution in [2.45, 2.75) is 17.7 Å². The van der Waals surface area contributed by atoms with Crippen molar-refractivity contribution < 1.29 is 14.3 Å². The highest BCUT2D eigenvalue weighted by Crippen LogP contribution is 2.10. The summed E-state index contributed by atoms with van der Waals surface area (Å²) in [6, 6.07) is -0.697. The van der Waals surface area contributed by atoms with Crippen LogP contribution in [0.3, 0.4) is 0 Å². The van der Waals surface area contributed by atoms with E-state index in [1.54, 1.807) is 6.26 Å². The molecule has 0 saturated heterocycles. The zero-order valence-electron chi connectivity index (χ0n) is 7.15. The molecule has 0 aliphatic rings. The molecule has 12 heavy (non-hydrogen) atoms. The molecular formula is C7H13NO3S. The van der Waals surface area contributed by atoms with Crippen molar-refractivity contribution in [2.75, 3.05) is 13.4 Å². The van der Waals surface area contributed by atoms with E-state index in [1.165, 1.54) is 18.9 Å². The van der Waals surface area contributed by atoms with Gasteiger partial charge in [0.05, 0.1) is 12.4 Å². The molecule has 0 spiro atoms. The van der Waals surface area contributed by atoms with E-state index in [1.807, 2.05) is 0 Å². The number of methoxy groups -OCH3 is 1. The van der Waals surface area contributed by atoms with Crippen LogP contribution in [0, 0.1) is 0 Å². The maximum Gasteiger partial charge on any atom is 0.322 e. The van der Waals surface area contributed by atoms with Crippen LogP contribution in [-0.2, 0) is 14.3 Å². The minimum atomic E-state index is -0.697. The summed E-state index contributed by atoms with van der Waals surface area (Å²) in [6.45, 7) is 0. The van der Waals surface area contributed by atoms with Gasteiger partial charge in [-0.15, -0.1) is 0 Å². The van der Waals surface area contributed by atoms with Crippen LogP contribution in [0.25, 0.3) is 0 Å². The molecule has 0 heterocycles. The lowest BCUT2D eigenvalue weighted by molar-refractivity contribution is -0.142. The molecule has 70 valence electrons. The van der Waals surface area contributed by atoms with Crippen LogP contribution < -0.4 is 5.73 Å². The van der Waals surface area contributed by atoms with E-state index in [2.05, 4.69) is 4.74 Å². The Kier molecular flexibility index (Phi) is 5.74. The minimum Gasteiger partial charge on any atom is -0.468 e. The molecule has 0 bridgehead atoms. The summed E-state index contributed by atoms with van der Waals surface area (Å²) in [4.78, 5) is 21.2. The molecule has 5 heteroatoms. The Morgan fingerprint density at radius 2 is 2.33 bits per heavy atom. The summed E-state index contributed by atoms with van der Waals surface area (Å²) in [5, 5.41) is -0.223. The normalized spacial score (nSPS) is 14.9. The lowest BCUT2D eigenvalue weighted by Crippen LogP contribution is -2.34. The van der Waals surface area contributed by atoms with Gasteiger partial charge < -0.3 is 15.3 Å². The number of thioether (sulfide) groups is 1. The first-order valence-electron chi connectivity index (χ1n) is 3.47. The summed E-state index contributed by atoms with van der Waals surface area (Å²) in [5.74, 6) is -0.476. The van der Waals surface area contributed by atoms with Gasteiger partial charge in [0.15, 0.2) is 0 Å². The van der Waals surface area contributed by atoms with Crippen molar-refractivity contribution in [3.63, 3.8) is 0 Å². The first-order chi connectivity index (χ1) is 5.65. The highest BCUT2D eigenvalue weighted by Gasteiger charge is 2.18. The van der Waals surface area contributed by atoms with Gasteiger partial charge in [-0.1, -0.05) is 0 Å². The predicted molar refractivity (Wildman–Crippen MR) is 48.0 cm³/mol. The van der Waals surface area contributed by atoms with E-state index in [4.69, 9.17) is 5.73 Å². The smallest absolute Gasteiger partial charge is 0.322 e. The van der Waals surface area contributed by atoms with Gasteiger partial charge in [0.1, 0.15) is 12.3 Å². The third-order valence-electron chi connectivity index (χ3n) is 1.44. The summed E-state index contributed by atoms with van der Waals surface area (Å²) in [6.07, 6.45) is 2.91. The number of ether oxygens (including phenoxy) is 1. The quantitative estimate of drug-likeness (QED) is 0.481. The molecule has 0 rings (SSSR count). The van der Waals surface area contributed by atoms with Gasteiger partial charge in [-0.3, -0.25) is 4.79 Å². The molecule has 2 atom stereocenters. The monoisotopic (exact) mass is 191 g/mol. The van der Waals surface area contributed by atoms with Crippen LogP contribution in [0.2, 0.25) is 0 Å². The van der Waals surface area contributed by atoms with Crippen LogP contribution in [0.5, 0.6) is 0 Å². The fourth-order valence-corrected chi connectivity index (χ4v) is 1.22. The van der Waals surface area contributed by atoms with E-state index in [0.29, 0.717) is 6.42 Å². The van der Waals surface area contributed by atoms with Crippen molar-refractivity contribution in [3.8, 4) is 0 Å².